The van der Waals surface area contributed by atoms with Crippen LogP contribution in [0.2, 0.25) is 0 Å². The minimum atomic E-state index is -1.17. The third-order valence-electron chi connectivity index (χ3n) is 3.64. The highest BCUT2D eigenvalue weighted by Gasteiger charge is 2.38. The van der Waals surface area contributed by atoms with Crippen molar-refractivity contribution in [3.8, 4) is 0 Å². The van der Waals surface area contributed by atoms with Crippen molar-refractivity contribution in [2.24, 2.45) is 0 Å². The Morgan fingerprint density at radius 3 is 2.68 bits per heavy atom. The molecule has 2 heterocycles. The summed E-state index contributed by atoms with van der Waals surface area (Å²) in [5.41, 5.74) is 6.69. The number of aliphatic hydroxyl groups excluding tert-OH is 3. The Morgan fingerprint density at radius 1 is 1.11 bits per heavy atom. The van der Waals surface area contributed by atoms with Crippen LogP contribution in [0.5, 0.6) is 0 Å². The zero-order valence-corrected chi connectivity index (χ0v) is 10.1. The summed E-state index contributed by atoms with van der Waals surface area (Å²) in [4.78, 5) is 12.1. The largest absolute Gasteiger partial charge is 0.390 e. The first kappa shape index (κ1) is 12.3. The van der Waals surface area contributed by atoms with E-state index in [9.17, 15) is 15.3 Å². The minimum Gasteiger partial charge on any atom is -0.390 e. The van der Waals surface area contributed by atoms with Crippen molar-refractivity contribution in [1.82, 2.24) is 19.5 Å². The Hall–Kier alpha value is -1.77. The van der Waals surface area contributed by atoms with Crippen molar-refractivity contribution >= 4 is 17.0 Å². The van der Waals surface area contributed by atoms with Gasteiger partial charge in [0.25, 0.3) is 0 Å². The van der Waals surface area contributed by atoms with E-state index < -0.39 is 24.4 Å². The number of anilines is 1. The van der Waals surface area contributed by atoms with E-state index in [2.05, 4.69) is 15.0 Å². The molecule has 1 aliphatic carbocycles. The first-order chi connectivity index (χ1) is 9.09. The molecule has 0 bridgehead atoms. The molecule has 3 rings (SSSR count). The first-order valence-electron chi connectivity index (χ1n) is 6.07. The molecule has 0 unspecified atom stereocenters. The van der Waals surface area contributed by atoms with Crippen LogP contribution in [0.3, 0.4) is 0 Å². The maximum atomic E-state index is 10.1. The fourth-order valence-electron chi connectivity index (χ4n) is 2.55. The number of fused-ring (bicyclic) bond motifs is 1. The monoisotopic (exact) mass is 265 g/mol. The van der Waals surface area contributed by atoms with Gasteiger partial charge in [0.2, 0.25) is 0 Å². The third-order valence-corrected chi connectivity index (χ3v) is 3.64. The first-order valence-corrected chi connectivity index (χ1v) is 6.07. The highest BCUT2D eigenvalue weighted by molar-refractivity contribution is 5.81. The lowest BCUT2D eigenvalue weighted by Crippen LogP contribution is -2.46. The fourth-order valence-corrected chi connectivity index (χ4v) is 2.55. The molecule has 0 spiro atoms. The van der Waals surface area contributed by atoms with Gasteiger partial charge in [-0.15, -0.1) is 0 Å². The molecule has 4 atom stereocenters. The third kappa shape index (κ3) is 1.84. The van der Waals surface area contributed by atoms with E-state index >= 15 is 0 Å². The standard InChI is InChI=1S/C11H15N5O3/c12-10-7-11(14-3-13-10)16(4-15-7)5-1-2-6(17)9(19)8(5)18/h3-6,8-9,17-19H,1-2H2,(H2,12,13,14)/t5-,6+,8+,9+/m1/s1. The van der Waals surface area contributed by atoms with E-state index in [-0.39, 0.29) is 5.82 Å². The van der Waals surface area contributed by atoms with Gasteiger partial charge in [-0.2, -0.15) is 0 Å². The van der Waals surface area contributed by atoms with Gasteiger partial charge < -0.3 is 25.6 Å². The van der Waals surface area contributed by atoms with E-state index in [0.717, 1.165) is 0 Å². The molecule has 0 amide bonds. The van der Waals surface area contributed by atoms with Gasteiger partial charge in [0.05, 0.1) is 18.5 Å². The Balaban J connectivity index is 2.03. The van der Waals surface area contributed by atoms with Crippen molar-refractivity contribution in [2.45, 2.75) is 37.2 Å². The summed E-state index contributed by atoms with van der Waals surface area (Å²) in [6.45, 7) is 0. The van der Waals surface area contributed by atoms with Gasteiger partial charge in [-0.25, -0.2) is 15.0 Å². The lowest BCUT2D eigenvalue weighted by molar-refractivity contribution is -0.105. The van der Waals surface area contributed by atoms with Gasteiger partial charge in [-0.1, -0.05) is 0 Å². The molecule has 8 nitrogen and oxygen atoms in total. The van der Waals surface area contributed by atoms with Crippen LogP contribution in [-0.2, 0) is 0 Å². The predicted octanol–water partition coefficient (Wildman–Crippen LogP) is -1.17. The lowest BCUT2D eigenvalue weighted by Gasteiger charge is -2.35. The number of hydrogen-bond donors (Lipinski definition) is 4. The van der Waals surface area contributed by atoms with Crippen molar-refractivity contribution in [1.29, 1.82) is 0 Å². The smallest absolute Gasteiger partial charge is 0.165 e. The molecule has 8 heteroatoms. The van der Waals surface area contributed by atoms with Gasteiger partial charge in [-0.3, -0.25) is 0 Å². The second-order valence-corrected chi connectivity index (χ2v) is 4.78. The zero-order chi connectivity index (χ0) is 13.6. The lowest BCUT2D eigenvalue weighted by atomic mass is 9.87. The summed E-state index contributed by atoms with van der Waals surface area (Å²) in [6.07, 6.45) is 0.635. The summed E-state index contributed by atoms with van der Waals surface area (Å²) in [5.74, 6) is 0.273. The van der Waals surface area contributed by atoms with Crippen LogP contribution in [-0.4, -0.2) is 53.2 Å². The molecule has 0 aliphatic heterocycles. The number of rotatable bonds is 1. The maximum Gasteiger partial charge on any atom is 0.165 e. The average molecular weight is 265 g/mol. The molecular formula is C11H15N5O3. The summed E-state index contributed by atoms with van der Waals surface area (Å²) in [7, 11) is 0. The predicted molar refractivity (Wildman–Crippen MR) is 66.0 cm³/mol. The number of imidazole rings is 1. The van der Waals surface area contributed by atoms with Crippen LogP contribution in [0.15, 0.2) is 12.7 Å². The van der Waals surface area contributed by atoms with Gasteiger partial charge in [0.1, 0.15) is 24.1 Å². The van der Waals surface area contributed by atoms with Crippen LogP contribution in [0.4, 0.5) is 5.82 Å². The van der Waals surface area contributed by atoms with Crippen LogP contribution in [0.1, 0.15) is 18.9 Å². The molecule has 1 saturated carbocycles. The Morgan fingerprint density at radius 2 is 1.89 bits per heavy atom. The highest BCUT2D eigenvalue weighted by Crippen LogP contribution is 2.31. The quantitative estimate of drug-likeness (QED) is 0.511. The van der Waals surface area contributed by atoms with Crippen LogP contribution < -0.4 is 5.73 Å². The van der Waals surface area contributed by atoms with Gasteiger partial charge in [0.15, 0.2) is 11.5 Å². The maximum absolute atomic E-state index is 10.1. The second kappa shape index (κ2) is 4.41. The van der Waals surface area contributed by atoms with Crippen LogP contribution >= 0.6 is 0 Å². The Labute approximate surface area is 108 Å². The van der Waals surface area contributed by atoms with Crippen molar-refractivity contribution in [3.63, 3.8) is 0 Å². The molecule has 19 heavy (non-hydrogen) atoms. The number of nitrogen functional groups attached to an aromatic ring is 1. The second-order valence-electron chi connectivity index (χ2n) is 4.78. The Kier molecular flexibility index (Phi) is 2.85. The van der Waals surface area contributed by atoms with E-state index in [1.807, 2.05) is 0 Å². The molecule has 2 aromatic heterocycles. The van der Waals surface area contributed by atoms with Gasteiger partial charge >= 0.3 is 0 Å². The summed E-state index contributed by atoms with van der Waals surface area (Å²) in [6, 6.07) is -0.391. The molecule has 0 radical (unpaired) electrons. The van der Waals surface area contributed by atoms with Crippen LogP contribution in [0, 0.1) is 0 Å². The normalized spacial score (nSPS) is 31.7. The zero-order valence-electron chi connectivity index (χ0n) is 10.1. The number of nitrogens with two attached hydrogens (primary N) is 1. The number of aliphatic hydroxyl groups is 3. The molecule has 1 aliphatic rings. The number of nitrogens with zero attached hydrogens (tertiary/aromatic N) is 4. The molecule has 0 saturated heterocycles. The van der Waals surface area contributed by atoms with E-state index in [4.69, 9.17) is 5.73 Å². The van der Waals surface area contributed by atoms with Crippen LogP contribution in [0.25, 0.3) is 11.2 Å². The number of aromatic nitrogens is 4. The highest BCUT2D eigenvalue weighted by atomic mass is 16.4. The fraction of sp³-hybridized carbons (Fsp3) is 0.545. The molecule has 0 aromatic carbocycles. The Bertz CT molecular complexity index is 601. The van der Waals surface area contributed by atoms with E-state index in [0.29, 0.717) is 24.0 Å². The van der Waals surface area contributed by atoms with Gasteiger partial charge in [-0.05, 0) is 12.8 Å². The van der Waals surface area contributed by atoms with E-state index in [1.165, 1.54) is 12.7 Å². The van der Waals surface area contributed by atoms with Crippen molar-refractivity contribution in [3.05, 3.63) is 12.7 Å². The van der Waals surface area contributed by atoms with Gasteiger partial charge in [0, 0.05) is 0 Å². The van der Waals surface area contributed by atoms with E-state index in [1.54, 1.807) is 4.57 Å². The van der Waals surface area contributed by atoms with Crippen molar-refractivity contribution in [2.75, 3.05) is 5.73 Å². The summed E-state index contributed by atoms with van der Waals surface area (Å²) >= 11 is 0. The molecule has 102 valence electrons. The molecule has 1 fully saturated rings. The van der Waals surface area contributed by atoms with Crippen molar-refractivity contribution < 1.29 is 15.3 Å². The number of hydrogen-bond acceptors (Lipinski definition) is 7. The minimum absolute atomic E-state index is 0.273. The molecular weight excluding hydrogens is 250 g/mol. The summed E-state index contributed by atoms with van der Waals surface area (Å²) in [5, 5.41) is 29.4. The average Bonchev–Trinajstić information content (AvgIpc) is 2.82. The molecule has 2 aromatic rings. The molecule has 5 N–H and O–H groups in total. The summed E-state index contributed by atoms with van der Waals surface area (Å²) < 4.78 is 1.67. The topological polar surface area (TPSA) is 130 Å². The SMILES string of the molecule is Nc1ncnc2c1ncn2[C@@H]1CC[C@H](O)[C@H](O)[C@H]1O.